The van der Waals surface area contributed by atoms with Crippen LogP contribution in [0.2, 0.25) is 0 Å². The fourth-order valence-electron chi connectivity index (χ4n) is 1.99. The molecule has 0 unspecified atom stereocenters. The Hall–Kier alpha value is -3.41. The van der Waals surface area contributed by atoms with Gasteiger partial charge in [0.2, 0.25) is 0 Å². The summed E-state index contributed by atoms with van der Waals surface area (Å²) in [5.74, 6) is -1.81. The number of allylic oxidation sites excluding steroid dienone is 2. The fraction of sp³-hybridized carbons (Fsp3) is 0.320. The summed E-state index contributed by atoms with van der Waals surface area (Å²) in [4.78, 5) is 32.6. The standard InChI is InChI=1S/C16H20O2.C9H12O4/c1-3-4-13-18-16(17)14(2)9-8-12-15-10-6-5-7-11-15;1-6(8(10)11)4-5-7(2)9(12)13-3/h5-8,10-12H,2-4,9,13H2,1H3;4H,2,5H2,1,3H3,(H,10,11). The maximum atomic E-state index is 11.5. The van der Waals surface area contributed by atoms with Crippen LogP contribution in [0.15, 0.2) is 72.4 Å². The normalized spacial score (nSPS) is 10.6. The van der Waals surface area contributed by atoms with E-state index in [1.54, 1.807) is 0 Å². The molecule has 0 amide bonds. The van der Waals surface area contributed by atoms with Crippen molar-refractivity contribution >= 4 is 24.0 Å². The van der Waals surface area contributed by atoms with Crippen LogP contribution in [0.1, 0.15) is 45.1 Å². The highest BCUT2D eigenvalue weighted by molar-refractivity contribution is 5.89. The van der Waals surface area contributed by atoms with Gasteiger partial charge in [-0.2, -0.15) is 0 Å². The van der Waals surface area contributed by atoms with E-state index >= 15 is 0 Å². The van der Waals surface area contributed by atoms with Crippen molar-refractivity contribution in [3.8, 4) is 0 Å². The first-order valence-electron chi connectivity index (χ1n) is 9.95. The number of aliphatic carboxylic acids is 1. The molecule has 0 saturated heterocycles. The van der Waals surface area contributed by atoms with Gasteiger partial charge in [-0.25, -0.2) is 14.4 Å². The lowest BCUT2D eigenvalue weighted by Gasteiger charge is -2.04. The molecular formula is C25H32O6. The van der Waals surface area contributed by atoms with Crippen LogP contribution in [0.3, 0.4) is 0 Å². The van der Waals surface area contributed by atoms with Crippen molar-refractivity contribution in [1.29, 1.82) is 0 Å². The number of unbranched alkanes of at least 4 members (excludes halogenated alkanes) is 1. The van der Waals surface area contributed by atoms with Crippen molar-refractivity contribution in [2.75, 3.05) is 13.7 Å². The molecular weight excluding hydrogens is 396 g/mol. The van der Waals surface area contributed by atoms with E-state index < -0.39 is 11.9 Å². The lowest BCUT2D eigenvalue weighted by molar-refractivity contribution is -0.139. The predicted octanol–water partition coefficient (Wildman–Crippen LogP) is 5.13. The van der Waals surface area contributed by atoms with E-state index in [0.717, 1.165) is 18.4 Å². The third kappa shape index (κ3) is 13.4. The monoisotopic (exact) mass is 428 g/mol. The summed E-state index contributed by atoms with van der Waals surface area (Å²) in [6.07, 6.45) is 7.97. The van der Waals surface area contributed by atoms with E-state index in [1.165, 1.54) is 20.1 Å². The molecule has 0 atom stereocenters. The van der Waals surface area contributed by atoms with Gasteiger partial charge < -0.3 is 14.6 Å². The highest BCUT2D eigenvalue weighted by Gasteiger charge is 2.06. The number of carbonyl (C=O) groups is 3. The molecule has 1 aromatic rings. The summed E-state index contributed by atoms with van der Waals surface area (Å²) in [5, 5.41) is 8.48. The minimum Gasteiger partial charge on any atom is -0.478 e. The number of esters is 2. The highest BCUT2D eigenvalue weighted by Crippen LogP contribution is 2.07. The molecule has 31 heavy (non-hydrogen) atoms. The number of hydrogen-bond acceptors (Lipinski definition) is 5. The van der Waals surface area contributed by atoms with Gasteiger partial charge in [0, 0.05) is 16.7 Å². The van der Waals surface area contributed by atoms with Crippen molar-refractivity contribution < 1.29 is 29.0 Å². The van der Waals surface area contributed by atoms with Crippen LogP contribution in [0, 0.1) is 0 Å². The summed E-state index contributed by atoms with van der Waals surface area (Å²) in [5.41, 5.74) is 2.04. The Morgan fingerprint density at radius 1 is 1.03 bits per heavy atom. The molecule has 6 heteroatoms. The number of rotatable bonds is 11. The smallest absolute Gasteiger partial charge is 0.333 e. The number of methoxy groups -OCH3 is 1. The summed E-state index contributed by atoms with van der Waals surface area (Å²) < 4.78 is 9.46. The molecule has 168 valence electrons. The van der Waals surface area contributed by atoms with E-state index in [0.29, 0.717) is 18.6 Å². The lowest BCUT2D eigenvalue weighted by Crippen LogP contribution is -2.07. The molecule has 0 saturated carbocycles. The fourth-order valence-corrected chi connectivity index (χ4v) is 1.99. The van der Waals surface area contributed by atoms with Gasteiger partial charge >= 0.3 is 17.9 Å². The minimum atomic E-state index is -1.00. The molecule has 0 aliphatic heterocycles. The lowest BCUT2D eigenvalue weighted by atomic mass is 10.1. The van der Waals surface area contributed by atoms with Crippen LogP contribution in [-0.2, 0) is 23.9 Å². The number of ether oxygens (including phenoxy) is 2. The van der Waals surface area contributed by atoms with Crippen LogP contribution in [0.4, 0.5) is 0 Å². The van der Waals surface area contributed by atoms with Gasteiger partial charge in [0.25, 0.3) is 0 Å². The molecule has 0 radical (unpaired) electrons. The van der Waals surface area contributed by atoms with Crippen molar-refractivity contribution in [3.05, 3.63) is 77.9 Å². The topological polar surface area (TPSA) is 89.9 Å². The average molecular weight is 429 g/mol. The number of hydrogen-bond donors (Lipinski definition) is 1. The molecule has 6 nitrogen and oxygen atoms in total. The van der Waals surface area contributed by atoms with Crippen LogP contribution in [-0.4, -0.2) is 36.7 Å². The Kier molecular flexibility index (Phi) is 14.6. The van der Waals surface area contributed by atoms with E-state index in [-0.39, 0.29) is 23.5 Å². The Labute approximate surface area is 184 Å². The van der Waals surface area contributed by atoms with Crippen molar-refractivity contribution in [2.45, 2.75) is 39.5 Å². The Morgan fingerprint density at radius 3 is 2.19 bits per heavy atom. The van der Waals surface area contributed by atoms with Gasteiger partial charge in [0.05, 0.1) is 13.7 Å². The summed E-state index contributed by atoms with van der Waals surface area (Å²) >= 11 is 0. The van der Waals surface area contributed by atoms with E-state index in [4.69, 9.17) is 9.84 Å². The molecule has 1 N–H and O–H groups in total. The Bertz CT molecular complexity index is 803. The summed E-state index contributed by atoms with van der Waals surface area (Å²) in [6, 6.07) is 9.96. The van der Waals surface area contributed by atoms with Gasteiger partial charge in [0.15, 0.2) is 0 Å². The maximum Gasteiger partial charge on any atom is 0.333 e. The predicted molar refractivity (Wildman–Crippen MR) is 122 cm³/mol. The van der Waals surface area contributed by atoms with Crippen LogP contribution >= 0.6 is 0 Å². The molecule has 1 rings (SSSR count). The Balaban J connectivity index is 0.000000615. The maximum absolute atomic E-state index is 11.5. The SMILES string of the molecule is C=C(CC=C(C)C(=O)O)C(=O)OC.C=C(CC=Cc1ccccc1)C(=O)OCCCC. The van der Waals surface area contributed by atoms with Crippen LogP contribution in [0.25, 0.3) is 6.08 Å². The number of benzene rings is 1. The molecule has 0 fully saturated rings. The first kappa shape index (κ1) is 27.6. The zero-order chi connectivity index (χ0) is 23.6. The molecule has 0 aromatic heterocycles. The molecule has 0 aliphatic carbocycles. The van der Waals surface area contributed by atoms with E-state index in [1.807, 2.05) is 42.5 Å². The molecule has 0 aliphatic rings. The van der Waals surface area contributed by atoms with Gasteiger partial charge in [0.1, 0.15) is 0 Å². The third-order valence-corrected chi connectivity index (χ3v) is 3.96. The largest absolute Gasteiger partial charge is 0.478 e. The molecule has 0 spiro atoms. The second-order valence-electron chi connectivity index (χ2n) is 6.60. The zero-order valence-electron chi connectivity index (χ0n) is 18.6. The van der Waals surface area contributed by atoms with Crippen LogP contribution < -0.4 is 0 Å². The highest BCUT2D eigenvalue weighted by atomic mass is 16.5. The third-order valence-electron chi connectivity index (χ3n) is 3.96. The molecule has 1 aromatic carbocycles. The summed E-state index contributed by atoms with van der Waals surface area (Å²) in [7, 11) is 1.25. The second kappa shape index (κ2) is 16.4. The van der Waals surface area contributed by atoms with Gasteiger partial charge in [-0.3, -0.25) is 0 Å². The van der Waals surface area contributed by atoms with Crippen molar-refractivity contribution in [2.24, 2.45) is 0 Å². The minimum absolute atomic E-state index is 0.185. The first-order chi connectivity index (χ1) is 14.7. The van der Waals surface area contributed by atoms with Crippen LogP contribution in [0.5, 0.6) is 0 Å². The van der Waals surface area contributed by atoms with Gasteiger partial charge in [-0.1, -0.05) is 75.1 Å². The average Bonchev–Trinajstić information content (AvgIpc) is 2.77. The molecule has 0 heterocycles. The first-order valence-corrected chi connectivity index (χ1v) is 9.95. The number of carbonyl (C=O) groups excluding carboxylic acids is 2. The van der Waals surface area contributed by atoms with Gasteiger partial charge in [-0.05, 0) is 31.7 Å². The number of carboxylic acids is 1. The van der Waals surface area contributed by atoms with Crippen molar-refractivity contribution in [1.82, 2.24) is 0 Å². The van der Waals surface area contributed by atoms with E-state index in [2.05, 4.69) is 24.8 Å². The number of carboxylic acid groups (broad SMARTS) is 1. The molecule has 0 bridgehead atoms. The van der Waals surface area contributed by atoms with Crippen molar-refractivity contribution in [3.63, 3.8) is 0 Å². The van der Waals surface area contributed by atoms with Gasteiger partial charge in [-0.15, -0.1) is 0 Å². The van der Waals surface area contributed by atoms with E-state index in [9.17, 15) is 14.4 Å². The zero-order valence-corrected chi connectivity index (χ0v) is 18.6. The summed E-state index contributed by atoms with van der Waals surface area (Å²) in [6.45, 7) is 11.2. The second-order valence-corrected chi connectivity index (χ2v) is 6.60. The Morgan fingerprint density at radius 2 is 1.65 bits per heavy atom. The quantitative estimate of drug-likeness (QED) is 0.299.